The Morgan fingerprint density at radius 1 is 1.50 bits per heavy atom. The average molecular weight is 207 g/mol. The van der Waals surface area contributed by atoms with Crippen LogP contribution in [0, 0.1) is 4.77 Å². The van der Waals surface area contributed by atoms with Crippen molar-refractivity contribution in [3.63, 3.8) is 0 Å². The van der Waals surface area contributed by atoms with E-state index in [1.54, 1.807) is 24.1 Å². The zero-order valence-corrected chi connectivity index (χ0v) is 8.41. The number of aromatic amines is 1. The van der Waals surface area contributed by atoms with E-state index in [4.69, 9.17) is 17.0 Å². The van der Waals surface area contributed by atoms with Gasteiger partial charge < -0.3 is 9.72 Å². The maximum Gasteiger partial charge on any atom is 0.182 e. The summed E-state index contributed by atoms with van der Waals surface area (Å²) in [6.07, 6.45) is 5.26. The van der Waals surface area contributed by atoms with Gasteiger partial charge in [0, 0.05) is 12.4 Å². The standard InChI is InChI=1S/C9H9N3OS/c1-13-7-2-3-8(11-6-7)12-5-4-10-9(12)14/h2-6H,1H3,(H,10,14). The van der Waals surface area contributed by atoms with Gasteiger partial charge in [-0.2, -0.15) is 0 Å². The summed E-state index contributed by atoms with van der Waals surface area (Å²) in [7, 11) is 1.61. The summed E-state index contributed by atoms with van der Waals surface area (Å²) < 4.78 is 7.43. The molecule has 0 aliphatic rings. The van der Waals surface area contributed by atoms with E-state index in [1.807, 2.05) is 18.3 Å². The second-order valence-electron chi connectivity index (χ2n) is 2.69. The molecule has 0 bridgehead atoms. The molecule has 0 aliphatic carbocycles. The van der Waals surface area contributed by atoms with E-state index in [9.17, 15) is 0 Å². The molecular formula is C9H9N3OS. The lowest BCUT2D eigenvalue weighted by molar-refractivity contribution is 0.413. The molecule has 0 atom stereocenters. The number of rotatable bonds is 2. The second kappa shape index (κ2) is 3.63. The molecule has 2 heterocycles. The molecule has 2 aromatic heterocycles. The van der Waals surface area contributed by atoms with Crippen LogP contribution in [-0.2, 0) is 0 Å². The molecule has 72 valence electrons. The number of H-pyrrole nitrogens is 1. The quantitative estimate of drug-likeness (QED) is 0.765. The van der Waals surface area contributed by atoms with Crippen molar-refractivity contribution in [3.8, 4) is 11.6 Å². The minimum absolute atomic E-state index is 0.627. The third kappa shape index (κ3) is 1.54. The summed E-state index contributed by atoms with van der Waals surface area (Å²) in [5.74, 6) is 1.51. The van der Waals surface area contributed by atoms with Gasteiger partial charge >= 0.3 is 0 Å². The van der Waals surface area contributed by atoms with Crippen molar-refractivity contribution in [2.45, 2.75) is 0 Å². The van der Waals surface area contributed by atoms with E-state index in [-0.39, 0.29) is 0 Å². The fourth-order valence-electron chi connectivity index (χ4n) is 1.14. The first-order chi connectivity index (χ1) is 6.81. The van der Waals surface area contributed by atoms with E-state index in [1.165, 1.54) is 0 Å². The molecule has 0 radical (unpaired) electrons. The van der Waals surface area contributed by atoms with Crippen molar-refractivity contribution < 1.29 is 4.74 Å². The molecule has 1 N–H and O–H groups in total. The van der Waals surface area contributed by atoms with Crippen molar-refractivity contribution >= 4 is 12.2 Å². The minimum atomic E-state index is 0.627. The number of imidazole rings is 1. The highest BCUT2D eigenvalue weighted by Gasteiger charge is 1.98. The van der Waals surface area contributed by atoms with Crippen molar-refractivity contribution in [2.24, 2.45) is 0 Å². The van der Waals surface area contributed by atoms with E-state index >= 15 is 0 Å². The average Bonchev–Trinajstić information content (AvgIpc) is 2.65. The number of hydrogen-bond donors (Lipinski definition) is 1. The van der Waals surface area contributed by atoms with Crippen molar-refractivity contribution in [1.29, 1.82) is 0 Å². The zero-order valence-electron chi connectivity index (χ0n) is 7.60. The lowest BCUT2D eigenvalue weighted by Gasteiger charge is -2.02. The van der Waals surface area contributed by atoms with Crippen LogP contribution in [0.25, 0.3) is 5.82 Å². The Labute approximate surface area is 86.2 Å². The van der Waals surface area contributed by atoms with Crippen LogP contribution in [-0.4, -0.2) is 21.6 Å². The van der Waals surface area contributed by atoms with E-state index in [2.05, 4.69) is 9.97 Å². The fourth-order valence-corrected chi connectivity index (χ4v) is 1.36. The molecule has 2 aromatic rings. The first-order valence-electron chi connectivity index (χ1n) is 4.08. The number of nitrogens with zero attached hydrogens (tertiary/aromatic N) is 2. The summed E-state index contributed by atoms with van der Waals surface area (Å²) in [6.45, 7) is 0. The molecule has 0 saturated heterocycles. The van der Waals surface area contributed by atoms with Gasteiger partial charge in [0.05, 0.1) is 13.3 Å². The number of hydrogen-bond acceptors (Lipinski definition) is 3. The molecule has 0 unspecified atom stereocenters. The lowest BCUT2D eigenvalue weighted by Crippen LogP contribution is -1.95. The van der Waals surface area contributed by atoms with Gasteiger partial charge in [0.15, 0.2) is 4.77 Å². The Balaban J connectivity index is 2.44. The fraction of sp³-hybridized carbons (Fsp3) is 0.111. The molecule has 5 heteroatoms. The molecule has 0 amide bonds. The molecule has 0 fully saturated rings. The Kier molecular flexibility index (Phi) is 2.32. The molecule has 0 saturated carbocycles. The maximum atomic E-state index is 5.06. The summed E-state index contributed by atoms with van der Waals surface area (Å²) >= 11 is 5.06. The summed E-state index contributed by atoms with van der Waals surface area (Å²) in [6, 6.07) is 3.69. The van der Waals surface area contributed by atoms with Crippen molar-refractivity contribution in [1.82, 2.24) is 14.5 Å². The molecule has 0 aromatic carbocycles. The number of aromatic nitrogens is 3. The van der Waals surface area contributed by atoms with Gasteiger partial charge in [0.25, 0.3) is 0 Å². The van der Waals surface area contributed by atoms with Crippen LogP contribution in [0.15, 0.2) is 30.7 Å². The highest BCUT2D eigenvalue weighted by Crippen LogP contribution is 2.11. The van der Waals surface area contributed by atoms with E-state index in [0.29, 0.717) is 4.77 Å². The van der Waals surface area contributed by atoms with Gasteiger partial charge in [-0.05, 0) is 24.4 Å². The number of pyridine rings is 1. The number of ether oxygens (including phenoxy) is 1. The largest absolute Gasteiger partial charge is 0.495 e. The highest BCUT2D eigenvalue weighted by atomic mass is 32.1. The van der Waals surface area contributed by atoms with Gasteiger partial charge in [-0.1, -0.05) is 0 Å². The third-order valence-corrected chi connectivity index (χ3v) is 2.17. The zero-order chi connectivity index (χ0) is 9.97. The minimum Gasteiger partial charge on any atom is -0.495 e. The van der Waals surface area contributed by atoms with Crippen LogP contribution in [0.5, 0.6) is 5.75 Å². The summed E-state index contributed by atoms with van der Waals surface area (Å²) in [5, 5.41) is 0. The third-order valence-electron chi connectivity index (χ3n) is 1.85. The Morgan fingerprint density at radius 2 is 2.36 bits per heavy atom. The highest BCUT2D eigenvalue weighted by molar-refractivity contribution is 7.71. The van der Waals surface area contributed by atoms with Gasteiger partial charge in [0.1, 0.15) is 11.6 Å². The molecule has 0 aliphatic heterocycles. The first-order valence-corrected chi connectivity index (χ1v) is 4.48. The Hall–Kier alpha value is -1.62. The van der Waals surface area contributed by atoms with Gasteiger partial charge in [-0.25, -0.2) is 4.98 Å². The molecule has 2 rings (SSSR count). The van der Waals surface area contributed by atoms with Crippen LogP contribution in [0.1, 0.15) is 0 Å². The van der Waals surface area contributed by atoms with Crippen molar-refractivity contribution in [2.75, 3.05) is 7.11 Å². The van der Waals surface area contributed by atoms with Crippen LogP contribution in [0.4, 0.5) is 0 Å². The van der Waals surface area contributed by atoms with Crippen LogP contribution in [0.2, 0.25) is 0 Å². The number of methoxy groups -OCH3 is 1. The maximum absolute atomic E-state index is 5.06. The van der Waals surface area contributed by atoms with Crippen LogP contribution < -0.4 is 4.74 Å². The molecule has 14 heavy (non-hydrogen) atoms. The van der Waals surface area contributed by atoms with E-state index in [0.717, 1.165) is 11.6 Å². The first kappa shape index (κ1) is 8.96. The second-order valence-corrected chi connectivity index (χ2v) is 3.08. The van der Waals surface area contributed by atoms with Gasteiger partial charge in [-0.3, -0.25) is 4.57 Å². The van der Waals surface area contributed by atoms with Crippen molar-refractivity contribution in [3.05, 3.63) is 35.5 Å². The predicted molar refractivity (Wildman–Crippen MR) is 55.3 cm³/mol. The monoisotopic (exact) mass is 207 g/mol. The molecule has 0 spiro atoms. The summed E-state index contributed by atoms with van der Waals surface area (Å²) in [4.78, 5) is 7.11. The SMILES string of the molecule is COc1ccc(-n2cc[nH]c2=S)nc1. The lowest BCUT2D eigenvalue weighted by atomic mass is 10.4. The molecule has 4 nitrogen and oxygen atoms in total. The van der Waals surface area contributed by atoms with Crippen LogP contribution in [0.3, 0.4) is 0 Å². The normalized spacial score (nSPS) is 10.1. The molecular weight excluding hydrogens is 198 g/mol. The Morgan fingerprint density at radius 3 is 2.86 bits per heavy atom. The number of nitrogens with one attached hydrogen (secondary N) is 1. The Bertz CT molecular complexity index is 471. The van der Waals surface area contributed by atoms with Gasteiger partial charge in [-0.15, -0.1) is 0 Å². The summed E-state index contributed by atoms with van der Waals surface area (Å²) in [5.41, 5.74) is 0. The van der Waals surface area contributed by atoms with Gasteiger partial charge in [0.2, 0.25) is 0 Å². The predicted octanol–water partition coefficient (Wildman–Crippen LogP) is 1.94. The topological polar surface area (TPSA) is 42.8 Å². The van der Waals surface area contributed by atoms with Crippen LogP contribution >= 0.6 is 12.2 Å². The van der Waals surface area contributed by atoms with E-state index < -0.39 is 0 Å². The smallest absolute Gasteiger partial charge is 0.182 e.